The Bertz CT molecular complexity index is 478. The number of hydrogen-bond donors (Lipinski definition) is 2. The molecule has 0 aromatic carbocycles. The van der Waals surface area contributed by atoms with E-state index in [1.807, 2.05) is 13.8 Å². The van der Waals surface area contributed by atoms with E-state index in [0.29, 0.717) is 17.9 Å². The number of rotatable bonds is 6. The molecule has 0 aliphatic carbocycles. The molecule has 2 N–H and O–H groups in total. The van der Waals surface area contributed by atoms with Crippen molar-refractivity contribution in [1.29, 1.82) is 0 Å². The molecule has 1 unspecified atom stereocenters. The fourth-order valence-electron chi connectivity index (χ4n) is 1.67. The Morgan fingerprint density at radius 1 is 1.50 bits per heavy atom. The highest BCUT2D eigenvalue weighted by Gasteiger charge is 2.21. The maximum atomic E-state index is 12.0. The van der Waals surface area contributed by atoms with Crippen LogP contribution in [0.15, 0.2) is 12.3 Å². The van der Waals surface area contributed by atoms with E-state index in [1.54, 1.807) is 19.2 Å². The van der Waals surface area contributed by atoms with Crippen LogP contribution in [0.4, 0.5) is 4.79 Å². The average Bonchev–Trinajstić information content (AvgIpc) is 2.41. The topological polar surface area (TPSA) is 95.4 Å². The highest BCUT2D eigenvalue weighted by molar-refractivity contribution is 5.80. The lowest BCUT2D eigenvalue weighted by molar-refractivity contribution is -0.138. The van der Waals surface area contributed by atoms with Crippen molar-refractivity contribution in [2.75, 3.05) is 6.54 Å². The second kappa shape index (κ2) is 7.42. The average molecular weight is 280 g/mol. The van der Waals surface area contributed by atoms with Crippen LogP contribution in [0.1, 0.15) is 31.8 Å². The Hall–Kier alpha value is -2.18. The second-order valence-electron chi connectivity index (χ2n) is 4.53. The predicted octanol–water partition coefficient (Wildman–Crippen LogP) is 1.18. The first-order valence-corrected chi connectivity index (χ1v) is 6.48. The summed E-state index contributed by atoms with van der Waals surface area (Å²) < 4.78 is 0. The van der Waals surface area contributed by atoms with E-state index in [-0.39, 0.29) is 19.1 Å². The molecule has 0 spiro atoms. The normalized spacial score (nSPS) is 11.8. The smallest absolute Gasteiger partial charge is 0.323 e. The Kier molecular flexibility index (Phi) is 5.89. The lowest BCUT2D eigenvalue weighted by Gasteiger charge is -2.27. The molecular formula is C13H20N4O3. The number of aryl methyl sites for hydroxylation is 1. The van der Waals surface area contributed by atoms with Gasteiger partial charge in [0.1, 0.15) is 12.4 Å². The van der Waals surface area contributed by atoms with Gasteiger partial charge in [-0.05, 0) is 26.3 Å². The molecule has 1 aromatic rings. The summed E-state index contributed by atoms with van der Waals surface area (Å²) in [4.78, 5) is 32.3. The molecule has 1 heterocycles. The van der Waals surface area contributed by atoms with Crippen LogP contribution in [-0.2, 0) is 11.3 Å². The number of aromatic nitrogens is 2. The highest BCUT2D eigenvalue weighted by Crippen LogP contribution is 2.04. The van der Waals surface area contributed by atoms with Crippen molar-refractivity contribution in [1.82, 2.24) is 20.2 Å². The van der Waals surface area contributed by atoms with Crippen LogP contribution in [0.5, 0.6) is 0 Å². The predicted molar refractivity (Wildman–Crippen MR) is 73.1 cm³/mol. The number of urea groups is 1. The van der Waals surface area contributed by atoms with Crippen LogP contribution >= 0.6 is 0 Å². The summed E-state index contributed by atoms with van der Waals surface area (Å²) in [5.41, 5.74) is 0.685. The van der Waals surface area contributed by atoms with Gasteiger partial charge < -0.3 is 15.3 Å². The zero-order valence-electron chi connectivity index (χ0n) is 12.0. The molecule has 7 nitrogen and oxygen atoms in total. The zero-order chi connectivity index (χ0) is 15.1. The molecular weight excluding hydrogens is 260 g/mol. The third-order valence-electron chi connectivity index (χ3n) is 2.94. The molecule has 7 heteroatoms. The molecule has 0 bridgehead atoms. The number of amides is 2. The Morgan fingerprint density at radius 2 is 2.20 bits per heavy atom. The molecule has 0 aliphatic heterocycles. The summed E-state index contributed by atoms with van der Waals surface area (Å²) in [6.07, 6.45) is 2.31. The maximum Gasteiger partial charge on any atom is 0.323 e. The van der Waals surface area contributed by atoms with Crippen LogP contribution in [0.25, 0.3) is 0 Å². The Morgan fingerprint density at radius 3 is 2.75 bits per heavy atom. The summed E-state index contributed by atoms with van der Waals surface area (Å²) in [5, 5.41) is 11.5. The quantitative estimate of drug-likeness (QED) is 0.815. The molecule has 0 radical (unpaired) electrons. The molecule has 0 saturated heterocycles. The number of aliphatic carboxylic acids is 1. The van der Waals surface area contributed by atoms with Crippen molar-refractivity contribution in [2.24, 2.45) is 0 Å². The van der Waals surface area contributed by atoms with Gasteiger partial charge in [-0.15, -0.1) is 0 Å². The molecule has 1 aromatic heterocycles. The van der Waals surface area contributed by atoms with Crippen LogP contribution < -0.4 is 5.32 Å². The third-order valence-corrected chi connectivity index (χ3v) is 2.94. The number of nitrogens with zero attached hydrogens (tertiary/aromatic N) is 3. The second-order valence-corrected chi connectivity index (χ2v) is 4.53. The van der Waals surface area contributed by atoms with Crippen molar-refractivity contribution < 1.29 is 14.7 Å². The molecule has 1 atom stereocenters. The highest BCUT2D eigenvalue weighted by atomic mass is 16.4. The molecule has 0 aliphatic rings. The van der Waals surface area contributed by atoms with Gasteiger partial charge in [-0.25, -0.2) is 14.8 Å². The van der Waals surface area contributed by atoms with Gasteiger partial charge in [0.25, 0.3) is 0 Å². The Balaban J connectivity index is 2.64. The molecule has 20 heavy (non-hydrogen) atoms. The first-order valence-electron chi connectivity index (χ1n) is 6.48. The van der Waals surface area contributed by atoms with Gasteiger partial charge in [-0.3, -0.25) is 4.79 Å². The summed E-state index contributed by atoms with van der Waals surface area (Å²) in [6.45, 7) is 5.41. The zero-order valence-corrected chi connectivity index (χ0v) is 12.0. The molecule has 0 fully saturated rings. The van der Waals surface area contributed by atoms with E-state index >= 15 is 0 Å². The van der Waals surface area contributed by atoms with E-state index < -0.39 is 12.0 Å². The Labute approximate surface area is 118 Å². The number of carboxylic acids is 1. The lowest BCUT2D eigenvalue weighted by atomic mass is 10.2. The van der Waals surface area contributed by atoms with Gasteiger partial charge >= 0.3 is 12.0 Å². The molecule has 2 amide bonds. The van der Waals surface area contributed by atoms with Gasteiger partial charge in [0.15, 0.2) is 0 Å². The van der Waals surface area contributed by atoms with Crippen molar-refractivity contribution in [3.63, 3.8) is 0 Å². The number of nitrogens with one attached hydrogen (secondary N) is 1. The number of carbonyl (C=O) groups excluding carboxylic acids is 1. The number of hydrogen-bond acceptors (Lipinski definition) is 4. The van der Waals surface area contributed by atoms with E-state index in [4.69, 9.17) is 5.11 Å². The third kappa shape index (κ3) is 4.83. The van der Waals surface area contributed by atoms with Gasteiger partial charge in [-0.1, -0.05) is 6.92 Å². The lowest BCUT2D eigenvalue weighted by Crippen LogP contribution is -2.47. The first-order chi connectivity index (χ1) is 9.43. The molecule has 1 rings (SSSR count). The SMILES string of the molecule is CCC(C)N(CC(=O)O)C(=O)NCc1ccnc(C)n1. The van der Waals surface area contributed by atoms with Crippen molar-refractivity contribution in [2.45, 2.75) is 39.8 Å². The fourth-order valence-corrected chi connectivity index (χ4v) is 1.67. The van der Waals surface area contributed by atoms with E-state index in [2.05, 4.69) is 15.3 Å². The van der Waals surface area contributed by atoms with E-state index in [9.17, 15) is 9.59 Å². The van der Waals surface area contributed by atoms with Crippen molar-refractivity contribution >= 4 is 12.0 Å². The monoisotopic (exact) mass is 280 g/mol. The van der Waals surface area contributed by atoms with Crippen molar-refractivity contribution in [3.05, 3.63) is 23.8 Å². The largest absolute Gasteiger partial charge is 0.480 e. The van der Waals surface area contributed by atoms with Gasteiger partial charge in [-0.2, -0.15) is 0 Å². The van der Waals surface area contributed by atoms with Crippen molar-refractivity contribution in [3.8, 4) is 0 Å². The summed E-state index contributed by atoms with van der Waals surface area (Å²) in [5.74, 6) is -0.403. The summed E-state index contributed by atoms with van der Waals surface area (Å²) in [7, 11) is 0. The van der Waals surface area contributed by atoms with Crippen LogP contribution in [0, 0.1) is 6.92 Å². The minimum Gasteiger partial charge on any atom is -0.480 e. The van der Waals surface area contributed by atoms with Crippen LogP contribution in [0.2, 0.25) is 0 Å². The van der Waals surface area contributed by atoms with Gasteiger partial charge in [0, 0.05) is 12.2 Å². The molecule has 0 saturated carbocycles. The minimum absolute atomic E-state index is 0.141. The fraction of sp³-hybridized carbons (Fsp3) is 0.538. The molecule has 110 valence electrons. The first kappa shape index (κ1) is 15.9. The van der Waals surface area contributed by atoms with Crippen LogP contribution in [-0.4, -0.2) is 44.6 Å². The van der Waals surface area contributed by atoms with E-state index in [0.717, 1.165) is 0 Å². The summed E-state index contributed by atoms with van der Waals surface area (Å²) >= 11 is 0. The van der Waals surface area contributed by atoms with Crippen LogP contribution in [0.3, 0.4) is 0 Å². The standard InChI is InChI=1S/C13H20N4O3/c1-4-9(2)17(8-12(18)19)13(20)15-7-11-5-6-14-10(3)16-11/h5-6,9H,4,7-8H2,1-3H3,(H,15,20)(H,18,19). The maximum absolute atomic E-state index is 12.0. The van der Waals surface area contributed by atoms with E-state index in [1.165, 1.54) is 4.90 Å². The van der Waals surface area contributed by atoms with Gasteiger partial charge in [0.2, 0.25) is 0 Å². The minimum atomic E-state index is -1.03. The number of carbonyl (C=O) groups is 2. The van der Waals surface area contributed by atoms with Gasteiger partial charge in [0.05, 0.1) is 12.2 Å². The summed E-state index contributed by atoms with van der Waals surface area (Å²) in [6, 6.07) is 1.16. The number of carboxylic acid groups (broad SMARTS) is 1.